The number of likely N-dealkylation sites (tertiary alicyclic amines) is 1. The van der Waals surface area contributed by atoms with Crippen molar-refractivity contribution in [1.29, 1.82) is 0 Å². The number of nitrogens with zero attached hydrogens (tertiary/aromatic N) is 1. The third-order valence-electron chi connectivity index (χ3n) is 2.58. The zero-order valence-electron chi connectivity index (χ0n) is 10.2. The van der Waals surface area contributed by atoms with Gasteiger partial charge in [0.05, 0.1) is 11.7 Å². The monoisotopic (exact) mass is 217 g/mol. The average molecular weight is 217 g/mol. The highest BCUT2D eigenvalue weighted by Gasteiger charge is 2.26. The molecule has 0 aromatic rings. The molecule has 1 unspecified atom stereocenters. The highest BCUT2D eigenvalue weighted by molar-refractivity contribution is 4.72. The number of rotatable bonds is 3. The van der Waals surface area contributed by atoms with Crippen LogP contribution in [0.3, 0.4) is 0 Å². The van der Waals surface area contributed by atoms with E-state index >= 15 is 0 Å². The summed E-state index contributed by atoms with van der Waals surface area (Å²) in [4.78, 5) is 1.95. The standard InChI is InChI=1S/C11H23NO3/c1-11(2,3)15-10(13)12-7-5-9(14-4)6-8-12/h9-10,13H,5-8H2,1-4H3. The van der Waals surface area contributed by atoms with Gasteiger partial charge in [-0.05, 0) is 33.6 Å². The summed E-state index contributed by atoms with van der Waals surface area (Å²) in [5, 5.41) is 9.83. The highest BCUT2D eigenvalue weighted by atomic mass is 16.6. The van der Waals surface area contributed by atoms with Crippen molar-refractivity contribution >= 4 is 0 Å². The predicted octanol–water partition coefficient (Wildman–Crippen LogP) is 1.19. The fourth-order valence-corrected chi connectivity index (χ4v) is 1.72. The van der Waals surface area contributed by atoms with Crippen molar-refractivity contribution in [3.05, 3.63) is 0 Å². The lowest BCUT2D eigenvalue weighted by Gasteiger charge is -2.36. The lowest BCUT2D eigenvalue weighted by Crippen LogP contribution is -2.46. The second-order valence-electron chi connectivity index (χ2n) is 5.03. The van der Waals surface area contributed by atoms with E-state index in [0.29, 0.717) is 6.10 Å². The Kier molecular flexibility index (Phi) is 4.52. The fraction of sp³-hybridized carbons (Fsp3) is 1.00. The summed E-state index contributed by atoms with van der Waals surface area (Å²) in [7, 11) is 1.74. The molecule has 4 nitrogen and oxygen atoms in total. The number of aliphatic hydroxyl groups is 1. The maximum atomic E-state index is 9.83. The van der Waals surface area contributed by atoms with E-state index in [4.69, 9.17) is 9.47 Å². The maximum Gasteiger partial charge on any atom is 0.216 e. The molecule has 0 radical (unpaired) electrons. The summed E-state index contributed by atoms with van der Waals surface area (Å²) < 4.78 is 10.8. The maximum absolute atomic E-state index is 9.83. The van der Waals surface area contributed by atoms with E-state index in [2.05, 4.69) is 0 Å². The molecule has 1 saturated heterocycles. The van der Waals surface area contributed by atoms with Crippen molar-refractivity contribution in [3.63, 3.8) is 0 Å². The molecule has 15 heavy (non-hydrogen) atoms. The first kappa shape index (κ1) is 12.9. The van der Waals surface area contributed by atoms with Crippen LogP contribution in [-0.2, 0) is 9.47 Å². The molecule has 0 bridgehead atoms. The van der Waals surface area contributed by atoms with Gasteiger partial charge in [0.15, 0.2) is 0 Å². The van der Waals surface area contributed by atoms with Gasteiger partial charge in [0.2, 0.25) is 6.41 Å². The van der Waals surface area contributed by atoms with Crippen LogP contribution in [0.4, 0.5) is 0 Å². The van der Waals surface area contributed by atoms with Gasteiger partial charge in [-0.2, -0.15) is 0 Å². The van der Waals surface area contributed by atoms with Crippen LogP contribution in [0.5, 0.6) is 0 Å². The molecule has 90 valence electrons. The molecule has 4 heteroatoms. The van der Waals surface area contributed by atoms with Crippen LogP contribution in [0.2, 0.25) is 0 Å². The van der Waals surface area contributed by atoms with Gasteiger partial charge in [0.1, 0.15) is 0 Å². The van der Waals surface area contributed by atoms with Crippen LogP contribution in [0.25, 0.3) is 0 Å². The van der Waals surface area contributed by atoms with Crippen molar-refractivity contribution in [1.82, 2.24) is 4.90 Å². The third-order valence-corrected chi connectivity index (χ3v) is 2.58. The number of ether oxygens (including phenoxy) is 2. The van der Waals surface area contributed by atoms with E-state index in [1.165, 1.54) is 0 Å². The summed E-state index contributed by atoms with van der Waals surface area (Å²) in [6, 6.07) is 0. The van der Waals surface area contributed by atoms with E-state index in [-0.39, 0.29) is 5.60 Å². The summed E-state index contributed by atoms with van der Waals surface area (Å²) in [6.07, 6.45) is 1.47. The first-order valence-corrected chi connectivity index (χ1v) is 5.55. The average Bonchev–Trinajstić information content (AvgIpc) is 2.15. The van der Waals surface area contributed by atoms with Crippen molar-refractivity contribution in [2.24, 2.45) is 0 Å². The van der Waals surface area contributed by atoms with Crippen LogP contribution in [0.15, 0.2) is 0 Å². The molecular weight excluding hydrogens is 194 g/mol. The van der Waals surface area contributed by atoms with Crippen molar-refractivity contribution in [2.45, 2.75) is 51.7 Å². The Labute approximate surface area is 92.2 Å². The normalized spacial score (nSPS) is 23.0. The summed E-state index contributed by atoms with van der Waals surface area (Å²) in [5.74, 6) is 0. The second-order valence-corrected chi connectivity index (χ2v) is 5.03. The quantitative estimate of drug-likeness (QED) is 0.721. The van der Waals surface area contributed by atoms with E-state index < -0.39 is 6.41 Å². The van der Waals surface area contributed by atoms with Gasteiger partial charge in [-0.1, -0.05) is 0 Å². The van der Waals surface area contributed by atoms with Gasteiger partial charge in [-0.15, -0.1) is 0 Å². The molecule has 1 N–H and O–H groups in total. The molecule has 0 aromatic heterocycles. The molecule has 1 rings (SSSR count). The van der Waals surface area contributed by atoms with E-state index in [1.807, 2.05) is 25.7 Å². The Morgan fingerprint density at radius 3 is 2.20 bits per heavy atom. The second kappa shape index (κ2) is 5.25. The smallest absolute Gasteiger partial charge is 0.216 e. The first-order chi connectivity index (χ1) is 6.92. The van der Waals surface area contributed by atoms with Crippen molar-refractivity contribution < 1.29 is 14.6 Å². The lowest BCUT2D eigenvalue weighted by molar-refractivity contribution is -0.245. The topological polar surface area (TPSA) is 41.9 Å². The molecule has 0 spiro atoms. The number of piperidine rings is 1. The Bertz CT molecular complexity index is 183. The number of methoxy groups -OCH3 is 1. The molecule has 1 aliphatic rings. The molecule has 0 aromatic carbocycles. The Morgan fingerprint density at radius 1 is 1.27 bits per heavy atom. The molecule has 0 amide bonds. The predicted molar refractivity (Wildman–Crippen MR) is 58.4 cm³/mol. The van der Waals surface area contributed by atoms with Crippen LogP contribution in [0.1, 0.15) is 33.6 Å². The highest BCUT2D eigenvalue weighted by Crippen LogP contribution is 2.18. The molecule has 1 heterocycles. The van der Waals surface area contributed by atoms with E-state index in [0.717, 1.165) is 25.9 Å². The number of hydrogen-bond acceptors (Lipinski definition) is 4. The van der Waals surface area contributed by atoms with E-state index in [9.17, 15) is 5.11 Å². The van der Waals surface area contributed by atoms with Gasteiger partial charge in [0.25, 0.3) is 0 Å². The zero-order chi connectivity index (χ0) is 11.5. The first-order valence-electron chi connectivity index (χ1n) is 5.55. The fourth-order valence-electron chi connectivity index (χ4n) is 1.72. The van der Waals surface area contributed by atoms with Gasteiger partial charge in [-0.25, -0.2) is 0 Å². The SMILES string of the molecule is COC1CCN(C(O)OC(C)(C)C)CC1. The molecule has 1 aliphatic heterocycles. The summed E-state index contributed by atoms with van der Waals surface area (Å²) in [6.45, 7) is 7.49. The summed E-state index contributed by atoms with van der Waals surface area (Å²) in [5.41, 5.74) is -0.308. The van der Waals surface area contributed by atoms with Crippen molar-refractivity contribution in [2.75, 3.05) is 20.2 Å². The third kappa shape index (κ3) is 4.47. The van der Waals surface area contributed by atoms with Gasteiger partial charge in [0, 0.05) is 20.2 Å². The molecular formula is C11H23NO3. The van der Waals surface area contributed by atoms with Gasteiger partial charge >= 0.3 is 0 Å². The number of hydrogen-bond donors (Lipinski definition) is 1. The van der Waals surface area contributed by atoms with Crippen LogP contribution in [-0.4, -0.2) is 48.3 Å². The van der Waals surface area contributed by atoms with Gasteiger partial charge in [-0.3, -0.25) is 4.90 Å². The minimum Gasteiger partial charge on any atom is -0.381 e. The van der Waals surface area contributed by atoms with Crippen LogP contribution >= 0.6 is 0 Å². The Balaban J connectivity index is 2.33. The Hall–Kier alpha value is -0.160. The van der Waals surface area contributed by atoms with E-state index in [1.54, 1.807) is 7.11 Å². The minimum atomic E-state index is -0.789. The van der Waals surface area contributed by atoms with Crippen LogP contribution in [0, 0.1) is 0 Å². The molecule has 1 atom stereocenters. The van der Waals surface area contributed by atoms with Crippen molar-refractivity contribution in [3.8, 4) is 0 Å². The zero-order valence-corrected chi connectivity index (χ0v) is 10.2. The molecule has 0 aliphatic carbocycles. The summed E-state index contributed by atoms with van der Waals surface area (Å²) >= 11 is 0. The molecule has 0 saturated carbocycles. The number of aliphatic hydroxyl groups excluding tert-OH is 1. The largest absolute Gasteiger partial charge is 0.381 e. The van der Waals surface area contributed by atoms with Crippen LogP contribution < -0.4 is 0 Å². The molecule has 1 fully saturated rings. The van der Waals surface area contributed by atoms with Gasteiger partial charge < -0.3 is 14.6 Å². The minimum absolute atomic E-state index is 0.308. The Morgan fingerprint density at radius 2 is 1.80 bits per heavy atom. The lowest BCUT2D eigenvalue weighted by atomic mass is 10.1.